The van der Waals surface area contributed by atoms with Gasteiger partial charge in [-0.2, -0.15) is 0 Å². The van der Waals surface area contributed by atoms with Crippen LogP contribution in [0, 0.1) is 6.92 Å². The zero-order chi connectivity index (χ0) is 14.6. The van der Waals surface area contributed by atoms with Crippen molar-refractivity contribution in [1.82, 2.24) is 5.32 Å². The van der Waals surface area contributed by atoms with Crippen LogP contribution in [0.5, 0.6) is 5.75 Å². The fourth-order valence-corrected chi connectivity index (χ4v) is 1.86. The topological polar surface area (TPSA) is 58.6 Å². The molecule has 0 bridgehead atoms. The van der Waals surface area contributed by atoms with Gasteiger partial charge in [0.25, 0.3) is 0 Å². The largest absolute Gasteiger partial charge is 0.494 e. The molecule has 4 heteroatoms. The minimum Gasteiger partial charge on any atom is -0.494 e. The molecule has 0 saturated heterocycles. The summed E-state index contributed by atoms with van der Waals surface area (Å²) in [6.07, 6.45) is 3.89. The minimum absolute atomic E-state index is 0.0711. The third-order valence-corrected chi connectivity index (χ3v) is 2.96. The van der Waals surface area contributed by atoms with Crippen LogP contribution in [0.3, 0.4) is 0 Å². The lowest BCUT2D eigenvalue weighted by Gasteiger charge is -2.07. The van der Waals surface area contributed by atoms with E-state index in [2.05, 4.69) is 5.32 Å². The summed E-state index contributed by atoms with van der Waals surface area (Å²) >= 11 is 0. The van der Waals surface area contributed by atoms with E-state index in [1.807, 2.05) is 31.2 Å². The van der Waals surface area contributed by atoms with Crippen LogP contribution in [-0.4, -0.2) is 30.8 Å². The van der Waals surface area contributed by atoms with E-state index in [1.54, 1.807) is 0 Å². The quantitative estimate of drug-likeness (QED) is 0.647. The predicted molar refractivity (Wildman–Crippen MR) is 79.9 cm³/mol. The van der Waals surface area contributed by atoms with Gasteiger partial charge in [-0.3, -0.25) is 4.79 Å². The van der Waals surface area contributed by atoms with Crippen LogP contribution in [-0.2, 0) is 4.79 Å². The van der Waals surface area contributed by atoms with Gasteiger partial charge in [-0.1, -0.05) is 12.1 Å². The summed E-state index contributed by atoms with van der Waals surface area (Å²) in [5.41, 5.74) is 1.17. The molecule has 0 radical (unpaired) electrons. The van der Waals surface area contributed by atoms with Gasteiger partial charge in [0.15, 0.2) is 0 Å². The van der Waals surface area contributed by atoms with Crippen LogP contribution < -0.4 is 10.1 Å². The molecule has 0 aliphatic rings. The minimum atomic E-state index is 0.0711. The number of aliphatic hydroxyl groups excluding tert-OH is 1. The number of hydrogen-bond acceptors (Lipinski definition) is 3. The zero-order valence-corrected chi connectivity index (χ0v) is 12.2. The monoisotopic (exact) mass is 279 g/mol. The number of carbonyl (C=O) groups excluding carboxylic acids is 1. The number of ether oxygens (including phenoxy) is 1. The van der Waals surface area contributed by atoms with Gasteiger partial charge < -0.3 is 15.2 Å². The van der Waals surface area contributed by atoms with Crippen molar-refractivity contribution in [2.24, 2.45) is 0 Å². The molecule has 0 heterocycles. The van der Waals surface area contributed by atoms with Gasteiger partial charge in [0.05, 0.1) is 6.61 Å². The van der Waals surface area contributed by atoms with Crippen molar-refractivity contribution < 1.29 is 14.6 Å². The molecule has 2 N–H and O–H groups in total. The number of unbranched alkanes of at least 4 members (excludes halogenated alkanes) is 2. The van der Waals surface area contributed by atoms with Gasteiger partial charge >= 0.3 is 0 Å². The molecule has 0 fully saturated rings. The fourth-order valence-electron chi connectivity index (χ4n) is 1.86. The first-order valence-electron chi connectivity index (χ1n) is 7.29. The molecule has 20 heavy (non-hydrogen) atoms. The lowest BCUT2D eigenvalue weighted by atomic mass is 10.2. The summed E-state index contributed by atoms with van der Waals surface area (Å²) in [4.78, 5) is 11.5. The van der Waals surface area contributed by atoms with E-state index < -0.39 is 0 Å². The Kier molecular flexibility index (Phi) is 8.47. The average Bonchev–Trinajstić information content (AvgIpc) is 2.43. The summed E-state index contributed by atoms with van der Waals surface area (Å²) < 4.78 is 5.59. The molecule has 1 aromatic rings. The summed E-state index contributed by atoms with van der Waals surface area (Å²) in [5.74, 6) is 0.927. The Morgan fingerprint density at radius 2 is 2.10 bits per heavy atom. The first-order valence-corrected chi connectivity index (χ1v) is 7.29. The fraction of sp³-hybridized carbons (Fsp3) is 0.562. The number of aliphatic hydroxyl groups is 1. The highest BCUT2D eigenvalue weighted by Crippen LogP contribution is 2.12. The Balaban J connectivity index is 2.02. The molecule has 0 aromatic heterocycles. The number of nitrogens with one attached hydrogen (secondary N) is 1. The molecule has 0 aliphatic heterocycles. The highest BCUT2D eigenvalue weighted by atomic mass is 16.5. The standard InChI is InChI=1S/C16H25NO3/c1-14-7-5-8-15(13-14)20-12-6-9-16(19)17-10-3-2-4-11-18/h5,7-8,13,18H,2-4,6,9-12H2,1H3,(H,17,19). The molecule has 0 spiro atoms. The summed E-state index contributed by atoms with van der Waals surface area (Å²) in [6, 6.07) is 7.90. The van der Waals surface area contributed by atoms with Crippen molar-refractivity contribution in [2.75, 3.05) is 19.8 Å². The first-order chi connectivity index (χ1) is 9.72. The second-order valence-electron chi connectivity index (χ2n) is 4.90. The Bertz CT molecular complexity index is 393. The van der Waals surface area contributed by atoms with E-state index in [0.717, 1.165) is 31.4 Å². The van der Waals surface area contributed by atoms with Crippen molar-refractivity contribution >= 4 is 5.91 Å². The van der Waals surface area contributed by atoms with Crippen molar-refractivity contribution in [3.63, 3.8) is 0 Å². The van der Waals surface area contributed by atoms with Gasteiger partial charge in [0, 0.05) is 19.6 Å². The van der Waals surface area contributed by atoms with E-state index >= 15 is 0 Å². The van der Waals surface area contributed by atoms with Crippen LogP contribution in [0.25, 0.3) is 0 Å². The van der Waals surface area contributed by atoms with Crippen LogP contribution in [0.4, 0.5) is 0 Å². The third kappa shape index (κ3) is 7.79. The number of hydrogen-bond donors (Lipinski definition) is 2. The molecule has 1 amide bonds. The molecule has 112 valence electrons. The number of rotatable bonds is 10. The SMILES string of the molecule is Cc1cccc(OCCCC(=O)NCCCCCO)c1. The number of carbonyl (C=O) groups is 1. The predicted octanol–water partition coefficient (Wildman–Crippen LogP) is 2.43. The van der Waals surface area contributed by atoms with Gasteiger partial charge in [-0.15, -0.1) is 0 Å². The van der Waals surface area contributed by atoms with Crippen LogP contribution in [0.1, 0.15) is 37.7 Å². The lowest BCUT2D eigenvalue weighted by molar-refractivity contribution is -0.121. The Labute approximate surface area is 121 Å². The molecule has 0 unspecified atom stereocenters. The smallest absolute Gasteiger partial charge is 0.220 e. The lowest BCUT2D eigenvalue weighted by Crippen LogP contribution is -2.24. The van der Waals surface area contributed by atoms with E-state index in [9.17, 15) is 4.79 Å². The highest BCUT2D eigenvalue weighted by Gasteiger charge is 2.01. The molecule has 0 aliphatic carbocycles. The molecule has 4 nitrogen and oxygen atoms in total. The van der Waals surface area contributed by atoms with Crippen molar-refractivity contribution in [2.45, 2.75) is 39.0 Å². The third-order valence-electron chi connectivity index (χ3n) is 2.96. The zero-order valence-electron chi connectivity index (χ0n) is 12.2. The van der Waals surface area contributed by atoms with E-state index in [4.69, 9.17) is 9.84 Å². The number of aryl methyl sites for hydroxylation is 1. The Morgan fingerprint density at radius 3 is 2.85 bits per heavy atom. The maximum absolute atomic E-state index is 11.5. The van der Waals surface area contributed by atoms with Crippen LogP contribution >= 0.6 is 0 Å². The molecular formula is C16H25NO3. The van der Waals surface area contributed by atoms with Gasteiger partial charge in [-0.25, -0.2) is 0 Å². The summed E-state index contributed by atoms with van der Waals surface area (Å²) in [6.45, 7) is 3.50. The summed E-state index contributed by atoms with van der Waals surface area (Å²) in [7, 11) is 0. The maximum Gasteiger partial charge on any atom is 0.220 e. The van der Waals surface area contributed by atoms with Crippen LogP contribution in [0.2, 0.25) is 0 Å². The van der Waals surface area contributed by atoms with Crippen molar-refractivity contribution in [1.29, 1.82) is 0 Å². The van der Waals surface area contributed by atoms with Crippen molar-refractivity contribution in [3.05, 3.63) is 29.8 Å². The van der Waals surface area contributed by atoms with Gasteiger partial charge in [-0.05, 0) is 50.3 Å². The average molecular weight is 279 g/mol. The Morgan fingerprint density at radius 1 is 1.25 bits per heavy atom. The summed E-state index contributed by atoms with van der Waals surface area (Å²) in [5, 5.41) is 11.5. The second kappa shape index (κ2) is 10.3. The molecule has 1 rings (SSSR count). The van der Waals surface area contributed by atoms with E-state index in [1.165, 1.54) is 5.56 Å². The highest BCUT2D eigenvalue weighted by molar-refractivity contribution is 5.75. The molecule has 0 atom stereocenters. The van der Waals surface area contributed by atoms with Gasteiger partial charge in [0.1, 0.15) is 5.75 Å². The first kappa shape index (κ1) is 16.5. The van der Waals surface area contributed by atoms with Crippen molar-refractivity contribution in [3.8, 4) is 5.75 Å². The molecular weight excluding hydrogens is 254 g/mol. The maximum atomic E-state index is 11.5. The second-order valence-corrected chi connectivity index (χ2v) is 4.90. The Hall–Kier alpha value is -1.55. The molecule has 0 saturated carbocycles. The number of amides is 1. The van der Waals surface area contributed by atoms with Gasteiger partial charge in [0.2, 0.25) is 5.91 Å². The normalized spacial score (nSPS) is 10.3. The van der Waals surface area contributed by atoms with E-state index in [-0.39, 0.29) is 12.5 Å². The number of benzene rings is 1. The van der Waals surface area contributed by atoms with E-state index in [0.29, 0.717) is 19.6 Å². The molecule has 1 aromatic carbocycles. The van der Waals surface area contributed by atoms with Crippen LogP contribution in [0.15, 0.2) is 24.3 Å².